The fourth-order valence-corrected chi connectivity index (χ4v) is 4.59. The maximum absolute atomic E-state index is 3.70. The van der Waals surface area contributed by atoms with E-state index in [1.165, 1.54) is 51.4 Å². The fraction of sp³-hybridized carbons (Fsp3) is 1.00. The van der Waals surface area contributed by atoms with Gasteiger partial charge >= 0.3 is 0 Å². The molecule has 5 atom stereocenters. The lowest BCUT2D eigenvalue weighted by Crippen LogP contribution is -2.43. The van der Waals surface area contributed by atoms with E-state index in [4.69, 9.17) is 0 Å². The van der Waals surface area contributed by atoms with Crippen LogP contribution < -0.4 is 5.32 Å². The van der Waals surface area contributed by atoms with Gasteiger partial charge < -0.3 is 5.32 Å². The molecule has 0 radical (unpaired) electrons. The number of nitrogens with one attached hydrogen (secondary N) is 1. The fourth-order valence-electron chi connectivity index (χ4n) is 4.59. The van der Waals surface area contributed by atoms with Crippen LogP contribution >= 0.6 is 0 Å². The standard InChI is InChI=1S/C16H31N/c1-4-13-7-5-6-8-15(13)16(17-3)14-10-9-12(2)11-14/h12-17H,4-11H2,1-3H3. The first-order valence-electron chi connectivity index (χ1n) is 7.93. The molecule has 0 heterocycles. The summed E-state index contributed by atoms with van der Waals surface area (Å²) in [5.41, 5.74) is 0. The quantitative estimate of drug-likeness (QED) is 0.771. The van der Waals surface area contributed by atoms with Crippen LogP contribution in [0.15, 0.2) is 0 Å². The van der Waals surface area contributed by atoms with Gasteiger partial charge in [-0.25, -0.2) is 0 Å². The lowest BCUT2D eigenvalue weighted by molar-refractivity contribution is 0.142. The monoisotopic (exact) mass is 237 g/mol. The minimum absolute atomic E-state index is 0.810. The van der Waals surface area contributed by atoms with Gasteiger partial charge in [0.15, 0.2) is 0 Å². The SMILES string of the molecule is CCC1CCCCC1C(NC)C1CCC(C)C1. The molecule has 0 spiro atoms. The molecule has 0 aromatic heterocycles. The summed E-state index contributed by atoms with van der Waals surface area (Å²) < 4.78 is 0. The molecular formula is C16H31N. The van der Waals surface area contributed by atoms with E-state index in [1.54, 1.807) is 0 Å². The van der Waals surface area contributed by atoms with E-state index < -0.39 is 0 Å². The van der Waals surface area contributed by atoms with E-state index in [0.717, 1.165) is 29.7 Å². The molecule has 2 aliphatic carbocycles. The third kappa shape index (κ3) is 3.05. The second kappa shape index (κ2) is 6.22. The number of hydrogen-bond acceptors (Lipinski definition) is 1. The van der Waals surface area contributed by atoms with Crippen molar-refractivity contribution in [2.75, 3.05) is 7.05 Å². The van der Waals surface area contributed by atoms with Crippen LogP contribution in [0.3, 0.4) is 0 Å². The van der Waals surface area contributed by atoms with E-state index in [1.807, 2.05) is 0 Å². The molecule has 0 aromatic carbocycles. The summed E-state index contributed by atoms with van der Waals surface area (Å²) in [5, 5.41) is 3.70. The molecule has 17 heavy (non-hydrogen) atoms. The van der Waals surface area contributed by atoms with Crippen LogP contribution in [-0.2, 0) is 0 Å². The molecule has 0 saturated heterocycles. The Balaban J connectivity index is 2.00. The van der Waals surface area contributed by atoms with E-state index in [2.05, 4.69) is 26.2 Å². The molecule has 0 aromatic rings. The molecule has 1 N–H and O–H groups in total. The third-order valence-corrected chi connectivity index (χ3v) is 5.53. The molecule has 0 aliphatic heterocycles. The van der Waals surface area contributed by atoms with Gasteiger partial charge in [-0.3, -0.25) is 0 Å². The van der Waals surface area contributed by atoms with Gasteiger partial charge in [-0.1, -0.05) is 46.0 Å². The van der Waals surface area contributed by atoms with E-state index in [9.17, 15) is 0 Å². The Kier molecular flexibility index (Phi) is 4.90. The molecular weight excluding hydrogens is 206 g/mol. The Bertz CT molecular complexity index is 226. The lowest BCUT2D eigenvalue weighted by atomic mass is 9.70. The molecule has 2 rings (SSSR count). The molecule has 2 fully saturated rings. The summed E-state index contributed by atoms with van der Waals surface area (Å²) >= 11 is 0. The van der Waals surface area contributed by atoms with Gasteiger partial charge in [-0.15, -0.1) is 0 Å². The molecule has 0 bridgehead atoms. The average Bonchev–Trinajstić information content (AvgIpc) is 2.77. The molecule has 0 amide bonds. The minimum Gasteiger partial charge on any atom is -0.316 e. The largest absolute Gasteiger partial charge is 0.316 e. The van der Waals surface area contributed by atoms with Gasteiger partial charge in [0.25, 0.3) is 0 Å². The first-order valence-corrected chi connectivity index (χ1v) is 7.93. The van der Waals surface area contributed by atoms with Crippen molar-refractivity contribution in [1.29, 1.82) is 0 Å². The van der Waals surface area contributed by atoms with Crippen LogP contribution in [0.5, 0.6) is 0 Å². The second-order valence-electron chi connectivity index (χ2n) is 6.61. The van der Waals surface area contributed by atoms with Gasteiger partial charge in [0.2, 0.25) is 0 Å². The summed E-state index contributed by atoms with van der Waals surface area (Å²) in [7, 11) is 2.20. The van der Waals surface area contributed by atoms with Crippen LogP contribution in [0.2, 0.25) is 0 Å². The van der Waals surface area contributed by atoms with Crippen LogP contribution in [0.25, 0.3) is 0 Å². The molecule has 100 valence electrons. The predicted molar refractivity (Wildman–Crippen MR) is 75.1 cm³/mol. The molecule has 1 nitrogen and oxygen atoms in total. The normalized spacial score (nSPS) is 40.4. The van der Waals surface area contributed by atoms with Gasteiger partial charge in [-0.05, 0) is 50.0 Å². The smallest absolute Gasteiger partial charge is 0.0123 e. The van der Waals surface area contributed by atoms with E-state index in [-0.39, 0.29) is 0 Å². The Labute approximate surface area is 108 Å². The van der Waals surface area contributed by atoms with Crippen LogP contribution in [-0.4, -0.2) is 13.1 Å². The topological polar surface area (TPSA) is 12.0 Å². The van der Waals surface area contributed by atoms with Gasteiger partial charge in [0.1, 0.15) is 0 Å². The zero-order valence-electron chi connectivity index (χ0n) is 12.0. The molecule has 2 saturated carbocycles. The highest BCUT2D eigenvalue weighted by Crippen LogP contribution is 2.41. The Morgan fingerprint density at radius 1 is 1.12 bits per heavy atom. The van der Waals surface area contributed by atoms with Crippen molar-refractivity contribution in [3.8, 4) is 0 Å². The molecule has 1 heteroatoms. The summed E-state index contributed by atoms with van der Waals surface area (Å²) in [6.45, 7) is 4.83. The number of hydrogen-bond donors (Lipinski definition) is 1. The Hall–Kier alpha value is -0.0400. The van der Waals surface area contributed by atoms with Gasteiger partial charge in [-0.2, -0.15) is 0 Å². The summed E-state index contributed by atoms with van der Waals surface area (Å²) in [6, 6.07) is 0.810. The van der Waals surface area contributed by atoms with Crippen molar-refractivity contribution in [3.63, 3.8) is 0 Å². The van der Waals surface area contributed by atoms with Gasteiger partial charge in [0, 0.05) is 6.04 Å². The van der Waals surface area contributed by atoms with Gasteiger partial charge in [0.05, 0.1) is 0 Å². The molecule has 5 unspecified atom stereocenters. The van der Waals surface area contributed by atoms with E-state index in [0.29, 0.717) is 0 Å². The minimum atomic E-state index is 0.810. The van der Waals surface area contributed by atoms with Crippen molar-refractivity contribution >= 4 is 0 Å². The zero-order chi connectivity index (χ0) is 12.3. The third-order valence-electron chi connectivity index (χ3n) is 5.53. The second-order valence-corrected chi connectivity index (χ2v) is 6.61. The summed E-state index contributed by atoms with van der Waals surface area (Å²) in [6.07, 6.45) is 11.7. The van der Waals surface area contributed by atoms with Crippen molar-refractivity contribution in [3.05, 3.63) is 0 Å². The average molecular weight is 237 g/mol. The zero-order valence-corrected chi connectivity index (χ0v) is 12.0. The lowest BCUT2D eigenvalue weighted by Gasteiger charge is -2.39. The highest BCUT2D eigenvalue weighted by atomic mass is 14.9. The maximum atomic E-state index is 3.70. The first-order chi connectivity index (χ1) is 8.26. The predicted octanol–water partition coefficient (Wildman–Crippen LogP) is 4.23. The Morgan fingerprint density at radius 3 is 2.47 bits per heavy atom. The van der Waals surface area contributed by atoms with Crippen LogP contribution in [0, 0.1) is 23.7 Å². The Morgan fingerprint density at radius 2 is 1.88 bits per heavy atom. The highest BCUT2D eigenvalue weighted by molar-refractivity contribution is 4.91. The maximum Gasteiger partial charge on any atom is 0.0123 e. The van der Waals surface area contributed by atoms with Crippen molar-refractivity contribution in [2.45, 2.75) is 71.3 Å². The van der Waals surface area contributed by atoms with Crippen molar-refractivity contribution < 1.29 is 0 Å². The van der Waals surface area contributed by atoms with Crippen LogP contribution in [0.1, 0.15) is 65.2 Å². The van der Waals surface area contributed by atoms with Crippen molar-refractivity contribution in [1.82, 2.24) is 5.32 Å². The van der Waals surface area contributed by atoms with E-state index >= 15 is 0 Å². The molecule has 2 aliphatic rings. The summed E-state index contributed by atoms with van der Waals surface area (Å²) in [5.74, 6) is 3.90. The van der Waals surface area contributed by atoms with Crippen LogP contribution in [0.4, 0.5) is 0 Å². The van der Waals surface area contributed by atoms with Crippen molar-refractivity contribution in [2.24, 2.45) is 23.7 Å². The first kappa shape index (κ1) is 13.4. The summed E-state index contributed by atoms with van der Waals surface area (Å²) in [4.78, 5) is 0. The number of rotatable bonds is 4. The highest BCUT2D eigenvalue weighted by Gasteiger charge is 2.36.